The van der Waals surface area contributed by atoms with Gasteiger partial charge in [-0.15, -0.1) is 0 Å². The average Bonchev–Trinajstić information content (AvgIpc) is 2.56. The number of rotatable bonds is 4. The van der Waals surface area contributed by atoms with Gasteiger partial charge in [-0.1, -0.05) is 0 Å². The number of carboxylic acids is 1. The van der Waals surface area contributed by atoms with Gasteiger partial charge in [0.15, 0.2) is 0 Å². The summed E-state index contributed by atoms with van der Waals surface area (Å²) in [5, 5.41) is 12.1. The monoisotopic (exact) mass is 326 g/mol. The number of nitrogens with zero attached hydrogens (tertiary/aromatic N) is 3. The van der Waals surface area contributed by atoms with Gasteiger partial charge in [-0.3, -0.25) is 0 Å². The van der Waals surface area contributed by atoms with E-state index in [1.807, 2.05) is 0 Å². The maximum Gasteiger partial charge on any atom is 0.337 e. The fourth-order valence-corrected chi connectivity index (χ4v) is 3.09. The first-order valence-corrected chi connectivity index (χ1v) is 8.24. The standard InChI is InChI=1S/C18H22N4O2/c1-12-9-15(21-16-7-6-14(10-19-16)18(23)24)11-20-17(12)22-8-4-3-5-13(22)2/h6-7,9-11,13H,3-5,8H2,1-2H3,(H,19,21)(H,23,24). The van der Waals surface area contributed by atoms with Crippen LogP contribution < -0.4 is 10.2 Å². The van der Waals surface area contributed by atoms with E-state index in [0.29, 0.717) is 11.9 Å². The normalized spacial score (nSPS) is 17.6. The Morgan fingerprint density at radius 1 is 1.29 bits per heavy atom. The molecule has 24 heavy (non-hydrogen) atoms. The van der Waals surface area contributed by atoms with E-state index < -0.39 is 5.97 Å². The summed E-state index contributed by atoms with van der Waals surface area (Å²) in [6, 6.07) is 5.76. The van der Waals surface area contributed by atoms with Gasteiger partial charge in [0.2, 0.25) is 0 Å². The lowest BCUT2D eigenvalue weighted by Crippen LogP contribution is -2.38. The highest BCUT2D eigenvalue weighted by Crippen LogP contribution is 2.27. The lowest BCUT2D eigenvalue weighted by molar-refractivity contribution is 0.0696. The van der Waals surface area contributed by atoms with Crippen molar-refractivity contribution < 1.29 is 9.90 Å². The van der Waals surface area contributed by atoms with E-state index in [-0.39, 0.29) is 5.56 Å². The zero-order valence-corrected chi connectivity index (χ0v) is 14.0. The molecule has 0 aromatic carbocycles. The van der Waals surface area contributed by atoms with E-state index in [2.05, 4.69) is 40.1 Å². The van der Waals surface area contributed by atoms with Crippen LogP contribution in [0, 0.1) is 6.92 Å². The van der Waals surface area contributed by atoms with Crippen LogP contribution in [-0.4, -0.2) is 33.6 Å². The molecule has 1 unspecified atom stereocenters. The van der Waals surface area contributed by atoms with Gasteiger partial charge in [-0.25, -0.2) is 14.8 Å². The second-order valence-electron chi connectivity index (χ2n) is 6.26. The van der Waals surface area contributed by atoms with Gasteiger partial charge in [0.25, 0.3) is 0 Å². The van der Waals surface area contributed by atoms with Gasteiger partial charge in [-0.2, -0.15) is 0 Å². The smallest absolute Gasteiger partial charge is 0.337 e. The molecule has 2 N–H and O–H groups in total. The highest BCUT2D eigenvalue weighted by Gasteiger charge is 2.21. The average molecular weight is 326 g/mol. The van der Waals surface area contributed by atoms with E-state index in [0.717, 1.165) is 23.6 Å². The van der Waals surface area contributed by atoms with Gasteiger partial charge in [-0.05, 0) is 56.9 Å². The topological polar surface area (TPSA) is 78.3 Å². The molecule has 0 amide bonds. The molecule has 3 heterocycles. The molecule has 1 saturated heterocycles. The number of carboxylic acid groups (broad SMARTS) is 1. The Morgan fingerprint density at radius 2 is 2.12 bits per heavy atom. The summed E-state index contributed by atoms with van der Waals surface area (Å²) < 4.78 is 0. The number of piperidine rings is 1. The number of pyridine rings is 2. The third-order valence-electron chi connectivity index (χ3n) is 4.41. The van der Waals surface area contributed by atoms with Crippen LogP contribution in [-0.2, 0) is 0 Å². The van der Waals surface area contributed by atoms with Crippen molar-refractivity contribution in [3.8, 4) is 0 Å². The molecule has 2 aromatic heterocycles. The number of aromatic nitrogens is 2. The molecule has 0 saturated carbocycles. The first-order valence-electron chi connectivity index (χ1n) is 8.24. The summed E-state index contributed by atoms with van der Waals surface area (Å²) in [6.07, 6.45) is 6.85. The third kappa shape index (κ3) is 3.48. The fourth-order valence-electron chi connectivity index (χ4n) is 3.09. The van der Waals surface area contributed by atoms with Crippen LogP contribution in [0.15, 0.2) is 30.6 Å². The number of nitrogens with one attached hydrogen (secondary N) is 1. The Hall–Kier alpha value is -2.63. The number of aryl methyl sites for hydroxylation is 1. The summed E-state index contributed by atoms with van der Waals surface area (Å²) in [5.41, 5.74) is 2.14. The predicted octanol–water partition coefficient (Wildman–Crippen LogP) is 3.61. The summed E-state index contributed by atoms with van der Waals surface area (Å²) in [6.45, 7) is 5.37. The van der Waals surface area contributed by atoms with Crippen LogP contribution in [0.5, 0.6) is 0 Å². The summed E-state index contributed by atoms with van der Waals surface area (Å²) in [5.74, 6) is 0.661. The van der Waals surface area contributed by atoms with Crippen LogP contribution in [0.3, 0.4) is 0 Å². The zero-order valence-electron chi connectivity index (χ0n) is 14.0. The Kier molecular flexibility index (Phi) is 4.64. The number of hydrogen-bond acceptors (Lipinski definition) is 5. The largest absolute Gasteiger partial charge is 0.478 e. The molecule has 0 spiro atoms. The quantitative estimate of drug-likeness (QED) is 0.893. The first kappa shape index (κ1) is 16.2. The van der Waals surface area contributed by atoms with Crippen molar-refractivity contribution in [1.82, 2.24) is 9.97 Å². The van der Waals surface area contributed by atoms with Crippen LogP contribution in [0.2, 0.25) is 0 Å². The molecule has 2 aromatic rings. The second kappa shape index (κ2) is 6.86. The molecular formula is C18H22N4O2. The summed E-state index contributed by atoms with van der Waals surface area (Å²) >= 11 is 0. The van der Waals surface area contributed by atoms with Crippen LogP contribution in [0.4, 0.5) is 17.3 Å². The summed E-state index contributed by atoms with van der Waals surface area (Å²) in [7, 11) is 0. The molecule has 1 fully saturated rings. The number of hydrogen-bond donors (Lipinski definition) is 2. The first-order chi connectivity index (χ1) is 11.5. The molecular weight excluding hydrogens is 304 g/mol. The summed E-state index contributed by atoms with van der Waals surface area (Å²) in [4.78, 5) is 22.0. The fraction of sp³-hybridized carbons (Fsp3) is 0.389. The van der Waals surface area contributed by atoms with Crippen molar-refractivity contribution >= 4 is 23.3 Å². The molecule has 1 atom stereocenters. The zero-order chi connectivity index (χ0) is 17.1. The maximum atomic E-state index is 10.9. The highest BCUT2D eigenvalue weighted by molar-refractivity contribution is 5.87. The maximum absolute atomic E-state index is 10.9. The number of anilines is 3. The minimum Gasteiger partial charge on any atom is -0.478 e. The van der Waals surface area contributed by atoms with Crippen LogP contribution in [0.25, 0.3) is 0 Å². The van der Waals surface area contributed by atoms with Crippen molar-refractivity contribution in [3.05, 3.63) is 41.7 Å². The molecule has 126 valence electrons. The molecule has 1 aliphatic heterocycles. The van der Waals surface area contributed by atoms with E-state index in [9.17, 15) is 4.79 Å². The molecule has 0 radical (unpaired) electrons. The van der Waals surface area contributed by atoms with Crippen molar-refractivity contribution in [2.75, 3.05) is 16.8 Å². The van der Waals surface area contributed by atoms with E-state index in [4.69, 9.17) is 5.11 Å². The van der Waals surface area contributed by atoms with Crippen molar-refractivity contribution in [2.24, 2.45) is 0 Å². The lowest BCUT2D eigenvalue weighted by atomic mass is 10.0. The van der Waals surface area contributed by atoms with Gasteiger partial charge < -0.3 is 15.3 Å². The highest BCUT2D eigenvalue weighted by atomic mass is 16.4. The van der Waals surface area contributed by atoms with Gasteiger partial charge >= 0.3 is 5.97 Å². The Labute approximate surface area is 141 Å². The van der Waals surface area contributed by atoms with Crippen molar-refractivity contribution in [3.63, 3.8) is 0 Å². The van der Waals surface area contributed by atoms with Crippen molar-refractivity contribution in [2.45, 2.75) is 39.2 Å². The number of aromatic carboxylic acids is 1. The predicted molar refractivity (Wildman–Crippen MR) is 94.1 cm³/mol. The Bertz CT molecular complexity index is 730. The van der Waals surface area contributed by atoms with E-state index in [1.165, 1.54) is 31.5 Å². The second-order valence-corrected chi connectivity index (χ2v) is 6.26. The van der Waals surface area contributed by atoms with E-state index >= 15 is 0 Å². The number of carbonyl (C=O) groups is 1. The van der Waals surface area contributed by atoms with Gasteiger partial charge in [0, 0.05) is 18.8 Å². The molecule has 0 bridgehead atoms. The SMILES string of the molecule is Cc1cc(Nc2ccc(C(=O)O)cn2)cnc1N1CCCCC1C. The van der Waals surface area contributed by atoms with Gasteiger partial charge in [0.05, 0.1) is 17.4 Å². The minimum atomic E-state index is -0.980. The molecule has 6 heteroatoms. The Balaban J connectivity index is 1.75. The van der Waals surface area contributed by atoms with Crippen LogP contribution >= 0.6 is 0 Å². The van der Waals surface area contributed by atoms with Gasteiger partial charge in [0.1, 0.15) is 11.6 Å². The Morgan fingerprint density at radius 3 is 2.75 bits per heavy atom. The molecule has 0 aliphatic carbocycles. The van der Waals surface area contributed by atoms with Crippen LogP contribution in [0.1, 0.15) is 42.1 Å². The molecule has 1 aliphatic rings. The van der Waals surface area contributed by atoms with Crippen molar-refractivity contribution in [1.29, 1.82) is 0 Å². The lowest BCUT2D eigenvalue weighted by Gasteiger charge is -2.35. The molecule has 6 nitrogen and oxygen atoms in total. The molecule has 3 rings (SSSR count). The third-order valence-corrected chi connectivity index (χ3v) is 4.41. The van der Waals surface area contributed by atoms with E-state index in [1.54, 1.807) is 12.3 Å². The minimum absolute atomic E-state index is 0.171.